The summed E-state index contributed by atoms with van der Waals surface area (Å²) in [5.74, 6) is -1.39. The van der Waals surface area contributed by atoms with Gasteiger partial charge in [0.25, 0.3) is 0 Å². The number of carbonyl (C=O) groups is 4. The summed E-state index contributed by atoms with van der Waals surface area (Å²) < 4.78 is 17.8. The van der Waals surface area contributed by atoms with Crippen molar-refractivity contribution < 1.29 is 33.4 Å². The van der Waals surface area contributed by atoms with Crippen LogP contribution in [0.2, 0.25) is 0 Å². The van der Waals surface area contributed by atoms with Crippen LogP contribution in [0.15, 0.2) is 35.3 Å². The van der Waals surface area contributed by atoms with Gasteiger partial charge in [0.2, 0.25) is 17.7 Å². The minimum Gasteiger partial charge on any atom is -0.458 e. The first-order valence-electron chi connectivity index (χ1n) is 20.4. The summed E-state index contributed by atoms with van der Waals surface area (Å²) >= 11 is 0. The van der Waals surface area contributed by atoms with Crippen molar-refractivity contribution in [1.82, 2.24) is 20.4 Å². The Balaban J connectivity index is 2.36. The van der Waals surface area contributed by atoms with Gasteiger partial charge in [-0.15, -0.1) is 0 Å². The van der Waals surface area contributed by atoms with E-state index >= 15 is 0 Å². The van der Waals surface area contributed by atoms with Gasteiger partial charge >= 0.3 is 5.97 Å². The fourth-order valence-electron chi connectivity index (χ4n) is 7.75. The van der Waals surface area contributed by atoms with Gasteiger partial charge in [-0.25, -0.2) is 4.79 Å². The molecule has 1 aromatic carbocycles. The van der Waals surface area contributed by atoms with Gasteiger partial charge in [-0.2, -0.15) is 0 Å². The zero-order valence-corrected chi connectivity index (χ0v) is 36.8. The highest BCUT2D eigenvalue weighted by atomic mass is 16.6. The minimum atomic E-state index is -0.860. The van der Waals surface area contributed by atoms with E-state index < -0.39 is 53.9 Å². The Morgan fingerprint density at radius 2 is 1.59 bits per heavy atom. The topological polar surface area (TPSA) is 165 Å². The Morgan fingerprint density at radius 1 is 0.982 bits per heavy atom. The average Bonchev–Trinajstić information content (AvgIpc) is 3.62. The highest BCUT2D eigenvalue weighted by molar-refractivity contribution is 5.90. The summed E-state index contributed by atoms with van der Waals surface area (Å²) in [7, 11) is 6.65. The number of likely N-dealkylation sites (N-methyl/N-ethyl adjacent to an activating group) is 2. The fraction of sp³-hybridized carbons (Fsp3) is 0.744. The van der Waals surface area contributed by atoms with Gasteiger partial charge in [-0.3, -0.25) is 19.4 Å². The van der Waals surface area contributed by atoms with Crippen LogP contribution in [0.1, 0.15) is 100 Å². The molecular weight excluding hydrogens is 713 g/mol. The summed E-state index contributed by atoms with van der Waals surface area (Å²) in [5.41, 5.74) is 6.90. The second-order valence-electron chi connectivity index (χ2n) is 17.1. The molecule has 13 heteroatoms. The van der Waals surface area contributed by atoms with E-state index in [9.17, 15) is 19.2 Å². The number of aliphatic imine (C=N–C) groups is 1. The molecular formula is C43H74N6O7. The van der Waals surface area contributed by atoms with Crippen molar-refractivity contribution in [1.29, 1.82) is 0 Å². The molecule has 9 atom stereocenters. The van der Waals surface area contributed by atoms with Crippen LogP contribution >= 0.6 is 0 Å². The predicted molar refractivity (Wildman–Crippen MR) is 222 cm³/mol. The van der Waals surface area contributed by atoms with Crippen LogP contribution in [-0.4, -0.2) is 122 Å². The Labute approximate surface area is 337 Å². The van der Waals surface area contributed by atoms with Crippen molar-refractivity contribution in [3.63, 3.8) is 0 Å². The van der Waals surface area contributed by atoms with Gasteiger partial charge in [0, 0.05) is 40.2 Å². The first-order valence-corrected chi connectivity index (χ1v) is 20.4. The van der Waals surface area contributed by atoms with Gasteiger partial charge in [0.1, 0.15) is 17.5 Å². The van der Waals surface area contributed by atoms with Crippen LogP contribution in [0.3, 0.4) is 0 Å². The molecule has 1 aliphatic heterocycles. The van der Waals surface area contributed by atoms with Crippen LogP contribution in [-0.2, 0) is 39.8 Å². The number of amidine groups is 1. The number of esters is 1. The molecule has 56 heavy (non-hydrogen) atoms. The first kappa shape index (κ1) is 48.6. The van der Waals surface area contributed by atoms with Gasteiger partial charge in [0.15, 0.2) is 6.04 Å². The molecule has 0 aliphatic carbocycles. The lowest BCUT2D eigenvalue weighted by Crippen LogP contribution is -2.59. The fourth-order valence-corrected chi connectivity index (χ4v) is 7.75. The third-order valence-electron chi connectivity index (χ3n) is 11.1. The number of likely N-dealkylation sites (tertiary alicyclic amines) is 1. The van der Waals surface area contributed by atoms with Crippen LogP contribution < -0.4 is 16.4 Å². The first-order chi connectivity index (χ1) is 26.2. The summed E-state index contributed by atoms with van der Waals surface area (Å²) in [4.78, 5) is 63.4. The third-order valence-corrected chi connectivity index (χ3v) is 11.1. The average molecular weight is 787 g/mol. The molecule has 1 unspecified atom stereocenters. The van der Waals surface area contributed by atoms with E-state index in [0.717, 1.165) is 18.4 Å². The standard InChI is InChI=1S/C43H74N6O7/c1-15-28(6)37(48(12)41(52)36(27(4)5)47-40(51)35(45-11)26(2)3)33(54-13)25-34(50)49-23-19-22-32(49)38(55-14)29(7)39(44)46-31(42(53)56-43(8,9)10)24-30-20-17-16-18-21-30/h16-18,20-21,26-29,31-33,35-38,45H,15,19,22-25H2,1-14H3,(H2,44,46)(H,47,51)/t28-,29+,31-,32-,33?,35-,36-,37-,38+/m0/s1. The summed E-state index contributed by atoms with van der Waals surface area (Å²) in [6, 6.07) is 6.80. The van der Waals surface area contributed by atoms with Crippen molar-refractivity contribution in [2.75, 3.05) is 34.9 Å². The smallest absolute Gasteiger partial charge is 0.331 e. The number of hydrogen-bond donors (Lipinski definition) is 3. The molecule has 318 valence electrons. The molecule has 1 aliphatic rings. The van der Waals surface area contributed by atoms with E-state index in [0.29, 0.717) is 19.4 Å². The van der Waals surface area contributed by atoms with Crippen molar-refractivity contribution >= 4 is 29.5 Å². The molecule has 3 amide bonds. The van der Waals surface area contributed by atoms with E-state index in [-0.39, 0.29) is 53.8 Å². The molecule has 0 saturated carbocycles. The van der Waals surface area contributed by atoms with Crippen molar-refractivity contribution in [3.05, 3.63) is 35.9 Å². The van der Waals surface area contributed by atoms with Crippen LogP contribution in [0.4, 0.5) is 0 Å². The molecule has 1 fully saturated rings. The number of benzene rings is 1. The quantitative estimate of drug-likeness (QED) is 0.0918. The summed E-state index contributed by atoms with van der Waals surface area (Å²) in [6.07, 6.45) is 1.46. The maximum absolute atomic E-state index is 14.3. The summed E-state index contributed by atoms with van der Waals surface area (Å²) in [6.45, 7) is 19.7. The predicted octanol–water partition coefficient (Wildman–Crippen LogP) is 4.60. The van der Waals surface area contributed by atoms with E-state index in [4.69, 9.17) is 24.9 Å². The maximum Gasteiger partial charge on any atom is 0.331 e. The van der Waals surface area contributed by atoms with Crippen LogP contribution in [0.25, 0.3) is 0 Å². The van der Waals surface area contributed by atoms with Crippen molar-refractivity contribution in [2.24, 2.45) is 34.4 Å². The number of nitrogens with one attached hydrogen (secondary N) is 2. The molecule has 0 bridgehead atoms. The number of nitrogens with zero attached hydrogens (tertiary/aromatic N) is 3. The Hall–Kier alpha value is -3.55. The highest BCUT2D eigenvalue weighted by Crippen LogP contribution is 2.30. The Bertz CT molecular complexity index is 1430. The zero-order valence-electron chi connectivity index (χ0n) is 36.8. The normalized spacial score (nSPS) is 19.5. The second-order valence-corrected chi connectivity index (χ2v) is 17.1. The van der Waals surface area contributed by atoms with Gasteiger partial charge in [-0.1, -0.05) is 85.2 Å². The van der Waals surface area contributed by atoms with E-state index in [1.807, 2.05) is 97.5 Å². The molecule has 0 aromatic heterocycles. The monoisotopic (exact) mass is 787 g/mol. The number of amides is 3. The van der Waals surface area contributed by atoms with E-state index in [1.54, 1.807) is 33.2 Å². The zero-order chi connectivity index (χ0) is 42.5. The molecule has 4 N–H and O–H groups in total. The second kappa shape index (κ2) is 22.4. The molecule has 13 nitrogen and oxygen atoms in total. The number of ether oxygens (including phenoxy) is 3. The van der Waals surface area contributed by atoms with Gasteiger partial charge < -0.3 is 40.4 Å². The maximum atomic E-state index is 14.3. The lowest BCUT2D eigenvalue weighted by atomic mass is 9.89. The van der Waals surface area contributed by atoms with Gasteiger partial charge in [0.05, 0.1) is 36.8 Å². The largest absolute Gasteiger partial charge is 0.458 e. The molecule has 2 rings (SSSR count). The lowest BCUT2D eigenvalue weighted by Gasteiger charge is -2.41. The molecule has 0 spiro atoms. The third kappa shape index (κ3) is 13.5. The van der Waals surface area contributed by atoms with E-state index in [2.05, 4.69) is 17.6 Å². The number of carbonyl (C=O) groups excluding carboxylic acids is 4. The number of methoxy groups -OCH3 is 2. The SMILES string of the molecule is CC[C@H](C)[C@@H](C(CC(=O)N1CCC[C@H]1[C@H](OC)[C@@H](C)C(N)=N[C@@H](Cc1ccccc1)C(=O)OC(C)(C)C)OC)N(C)C(=O)[C@@H](NC(=O)[C@@H](NC)C(C)C)C(C)C. The highest BCUT2D eigenvalue weighted by Gasteiger charge is 2.43. The van der Waals surface area contributed by atoms with Crippen LogP contribution in [0.5, 0.6) is 0 Å². The molecule has 1 saturated heterocycles. The number of hydrogen-bond acceptors (Lipinski definition) is 9. The molecule has 1 aromatic rings. The summed E-state index contributed by atoms with van der Waals surface area (Å²) in [5, 5.41) is 6.06. The Morgan fingerprint density at radius 3 is 2.09 bits per heavy atom. The van der Waals surface area contributed by atoms with Crippen molar-refractivity contribution in [3.8, 4) is 0 Å². The number of nitrogens with two attached hydrogens (primary N) is 1. The van der Waals surface area contributed by atoms with Crippen LogP contribution in [0, 0.1) is 23.7 Å². The number of rotatable bonds is 21. The van der Waals surface area contributed by atoms with Crippen molar-refractivity contribution in [2.45, 2.75) is 149 Å². The van der Waals surface area contributed by atoms with Gasteiger partial charge in [-0.05, 0) is 64.0 Å². The molecule has 1 heterocycles. The Kier molecular flexibility index (Phi) is 19.4. The van der Waals surface area contributed by atoms with E-state index in [1.165, 1.54) is 0 Å². The lowest BCUT2D eigenvalue weighted by molar-refractivity contribution is -0.156. The minimum absolute atomic E-state index is 0.0168. The molecule has 0 radical (unpaired) electrons.